The van der Waals surface area contributed by atoms with E-state index in [0.717, 1.165) is 21.2 Å². The lowest BCUT2D eigenvalue weighted by molar-refractivity contribution is -0.112. The number of amides is 1. The Hall–Kier alpha value is -2.53. The zero-order valence-electron chi connectivity index (χ0n) is 13.2. The van der Waals surface area contributed by atoms with Crippen molar-refractivity contribution in [3.8, 4) is 5.75 Å². The molecule has 5 heteroatoms. The van der Waals surface area contributed by atoms with E-state index in [9.17, 15) is 9.90 Å². The van der Waals surface area contributed by atoms with Gasteiger partial charge < -0.3 is 15.4 Å². The number of benzene rings is 2. The number of nitrogens with zero attached hydrogens (tertiary/aromatic N) is 1. The van der Waals surface area contributed by atoms with E-state index in [-0.39, 0.29) is 11.3 Å². The zero-order chi connectivity index (χ0) is 17.4. The van der Waals surface area contributed by atoms with Crippen molar-refractivity contribution in [2.75, 3.05) is 0 Å². The number of aromatic hydroxyl groups is 1. The predicted molar refractivity (Wildman–Crippen MR) is 99.8 cm³/mol. The first-order chi connectivity index (χ1) is 11.4. The molecule has 0 atom stereocenters. The first-order valence-corrected chi connectivity index (χ1v) is 8.24. The SMILES string of the molecule is C=C(C(N)=O)c1c(C)n(Cc2ccccc2)c2c(Br)ccc(O)c12. The number of phenols is 1. The van der Waals surface area contributed by atoms with Crippen molar-refractivity contribution in [2.45, 2.75) is 13.5 Å². The van der Waals surface area contributed by atoms with Gasteiger partial charge in [-0.15, -0.1) is 0 Å². The highest BCUT2D eigenvalue weighted by molar-refractivity contribution is 9.10. The number of phenolic OH excluding ortho intramolecular Hbond substituents is 1. The molecule has 0 aliphatic rings. The Labute approximate surface area is 148 Å². The van der Waals surface area contributed by atoms with Gasteiger partial charge in [-0.05, 0) is 40.5 Å². The van der Waals surface area contributed by atoms with Gasteiger partial charge in [0.25, 0.3) is 0 Å². The molecule has 0 saturated carbocycles. The van der Waals surface area contributed by atoms with Crippen LogP contribution >= 0.6 is 15.9 Å². The molecule has 1 heterocycles. The van der Waals surface area contributed by atoms with Gasteiger partial charge in [0.2, 0.25) is 5.91 Å². The summed E-state index contributed by atoms with van der Waals surface area (Å²) in [4.78, 5) is 11.7. The van der Waals surface area contributed by atoms with Crippen LogP contribution in [-0.2, 0) is 11.3 Å². The summed E-state index contributed by atoms with van der Waals surface area (Å²) in [5.41, 5.74) is 8.98. The van der Waals surface area contributed by atoms with Crippen LogP contribution in [0.2, 0.25) is 0 Å². The van der Waals surface area contributed by atoms with E-state index in [1.165, 1.54) is 0 Å². The summed E-state index contributed by atoms with van der Waals surface area (Å²) in [6, 6.07) is 13.4. The summed E-state index contributed by atoms with van der Waals surface area (Å²) < 4.78 is 2.88. The van der Waals surface area contributed by atoms with Gasteiger partial charge in [-0.3, -0.25) is 4.79 Å². The second-order valence-corrected chi connectivity index (χ2v) is 6.52. The van der Waals surface area contributed by atoms with Crippen molar-refractivity contribution in [2.24, 2.45) is 5.73 Å². The molecule has 24 heavy (non-hydrogen) atoms. The largest absolute Gasteiger partial charge is 0.507 e. The average molecular weight is 385 g/mol. The molecule has 122 valence electrons. The summed E-state index contributed by atoms with van der Waals surface area (Å²) in [5, 5.41) is 11.0. The van der Waals surface area contributed by atoms with E-state index in [0.29, 0.717) is 17.5 Å². The van der Waals surface area contributed by atoms with E-state index in [4.69, 9.17) is 5.73 Å². The number of hydrogen-bond acceptors (Lipinski definition) is 2. The number of rotatable bonds is 4. The molecule has 0 unspecified atom stereocenters. The van der Waals surface area contributed by atoms with Crippen LogP contribution in [0.15, 0.2) is 53.5 Å². The molecule has 1 amide bonds. The Morgan fingerprint density at radius 3 is 2.54 bits per heavy atom. The lowest BCUT2D eigenvalue weighted by atomic mass is 10.0. The molecule has 1 aromatic heterocycles. The van der Waals surface area contributed by atoms with Gasteiger partial charge in [-0.2, -0.15) is 0 Å². The van der Waals surface area contributed by atoms with Gasteiger partial charge in [0, 0.05) is 27.8 Å². The van der Waals surface area contributed by atoms with Crippen LogP contribution in [0, 0.1) is 6.92 Å². The molecule has 2 aromatic carbocycles. The van der Waals surface area contributed by atoms with Gasteiger partial charge in [-0.1, -0.05) is 36.9 Å². The maximum atomic E-state index is 11.7. The summed E-state index contributed by atoms with van der Waals surface area (Å²) >= 11 is 3.55. The highest BCUT2D eigenvalue weighted by Gasteiger charge is 2.23. The summed E-state index contributed by atoms with van der Waals surface area (Å²) in [6.07, 6.45) is 0. The molecule has 0 fully saturated rings. The van der Waals surface area contributed by atoms with Crippen LogP contribution in [0.1, 0.15) is 16.8 Å². The van der Waals surface area contributed by atoms with E-state index in [1.54, 1.807) is 12.1 Å². The lowest BCUT2D eigenvalue weighted by Crippen LogP contribution is -2.13. The van der Waals surface area contributed by atoms with Crippen molar-refractivity contribution < 1.29 is 9.90 Å². The number of primary amides is 1. The van der Waals surface area contributed by atoms with Gasteiger partial charge in [0.1, 0.15) is 5.75 Å². The minimum absolute atomic E-state index is 0.0977. The van der Waals surface area contributed by atoms with E-state index in [2.05, 4.69) is 27.1 Å². The molecule has 0 aliphatic carbocycles. The molecule has 3 aromatic rings. The third-order valence-electron chi connectivity index (χ3n) is 4.18. The molecule has 3 N–H and O–H groups in total. The van der Waals surface area contributed by atoms with Crippen LogP contribution < -0.4 is 5.73 Å². The monoisotopic (exact) mass is 384 g/mol. The molecule has 0 radical (unpaired) electrons. The highest BCUT2D eigenvalue weighted by atomic mass is 79.9. The van der Waals surface area contributed by atoms with Gasteiger partial charge in [0.15, 0.2) is 0 Å². The minimum Gasteiger partial charge on any atom is -0.507 e. The van der Waals surface area contributed by atoms with Crippen molar-refractivity contribution in [1.82, 2.24) is 4.57 Å². The number of aromatic nitrogens is 1. The minimum atomic E-state index is -0.601. The molecular weight excluding hydrogens is 368 g/mol. The summed E-state index contributed by atoms with van der Waals surface area (Å²) in [7, 11) is 0. The first kappa shape index (κ1) is 16.3. The highest BCUT2D eigenvalue weighted by Crippen LogP contribution is 2.40. The van der Waals surface area contributed by atoms with Crippen LogP contribution in [0.25, 0.3) is 16.5 Å². The number of halogens is 1. The lowest BCUT2D eigenvalue weighted by Gasteiger charge is -2.10. The maximum Gasteiger partial charge on any atom is 0.248 e. The van der Waals surface area contributed by atoms with Crippen LogP contribution in [0.3, 0.4) is 0 Å². The van der Waals surface area contributed by atoms with E-state index >= 15 is 0 Å². The fraction of sp³-hybridized carbons (Fsp3) is 0.105. The van der Waals surface area contributed by atoms with Crippen molar-refractivity contribution in [3.05, 3.63) is 70.3 Å². The quantitative estimate of drug-likeness (QED) is 0.668. The fourth-order valence-electron chi connectivity index (χ4n) is 3.01. The summed E-state index contributed by atoms with van der Waals surface area (Å²) in [6.45, 7) is 6.32. The Morgan fingerprint density at radius 2 is 1.92 bits per heavy atom. The Kier molecular flexibility index (Phi) is 4.20. The van der Waals surface area contributed by atoms with E-state index in [1.807, 2.05) is 37.3 Å². The van der Waals surface area contributed by atoms with Gasteiger partial charge in [-0.25, -0.2) is 0 Å². The Morgan fingerprint density at radius 1 is 1.25 bits per heavy atom. The first-order valence-electron chi connectivity index (χ1n) is 7.45. The molecule has 4 nitrogen and oxygen atoms in total. The average Bonchev–Trinajstić information content (AvgIpc) is 2.85. The number of hydrogen-bond donors (Lipinski definition) is 2. The van der Waals surface area contributed by atoms with Crippen molar-refractivity contribution >= 4 is 38.3 Å². The second-order valence-electron chi connectivity index (χ2n) is 5.67. The fourth-order valence-corrected chi connectivity index (χ4v) is 3.55. The topological polar surface area (TPSA) is 68.2 Å². The Balaban J connectivity index is 2.33. The normalized spacial score (nSPS) is 10.9. The smallest absolute Gasteiger partial charge is 0.248 e. The second kappa shape index (κ2) is 6.17. The van der Waals surface area contributed by atoms with Gasteiger partial charge in [0.05, 0.1) is 10.9 Å². The predicted octanol–water partition coefficient (Wildman–Crippen LogP) is 3.96. The van der Waals surface area contributed by atoms with Crippen LogP contribution in [0.4, 0.5) is 0 Å². The van der Waals surface area contributed by atoms with E-state index < -0.39 is 5.91 Å². The molecule has 0 aliphatic heterocycles. The zero-order valence-corrected chi connectivity index (χ0v) is 14.8. The molecule has 0 spiro atoms. The standard InChI is InChI=1S/C19H17BrN2O2/c1-11(19(21)24)16-12(2)22(10-13-6-4-3-5-7-13)18-14(20)8-9-15(23)17(16)18/h3-9,23H,1,10H2,2H3,(H2,21,24). The third-order valence-corrected chi connectivity index (χ3v) is 4.82. The van der Waals surface area contributed by atoms with Crippen LogP contribution in [0.5, 0.6) is 5.75 Å². The molecule has 0 bridgehead atoms. The van der Waals surface area contributed by atoms with Crippen molar-refractivity contribution in [1.29, 1.82) is 0 Å². The molecular formula is C19H17BrN2O2. The summed E-state index contributed by atoms with van der Waals surface area (Å²) in [5.74, 6) is -0.503. The third kappa shape index (κ3) is 2.61. The maximum absolute atomic E-state index is 11.7. The number of carbonyl (C=O) groups is 1. The Bertz CT molecular complexity index is 959. The van der Waals surface area contributed by atoms with Crippen molar-refractivity contribution in [3.63, 3.8) is 0 Å². The van der Waals surface area contributed by atoms with Crippen LogP contribution in [-0.4, -0.2) is 15.6 Å². The molecule has 0 saturated heterocycles. The van der Waals surface area contributed by atoms with Gasteiger partial charge >= 0.3 is 0 Å². The number of nitrogens with two attached hydrogens (primary N) is 1. The number of fused-ring (bicyclic) bond motifs is 1. The molecule has 3 rings (SSSR count). The number of carbonyl (C=O) groups excluding carboxylic acids is 1.